The number of hydrogen-bond donors (Lipinski definition) is 2. The minimum absolute atomic E-state index is 0.102. The van der Waals surface area contributed by atoms with E-state index in [1.165, 1.54) is 16.7 Å². The molecular formula is C20H26N2OS. The van der Waals surface area contributed by atoms with E-state index < -0.39 is 0 Å². The highest BCUT2D eigenvalue weighted by molar-refractivity contribution is 7.98. The predicted octanol–water partition coefficient (Wildman–Crippen LogP) is 4.16. The van der Waals surface area contributed by atoms with Crippen molar-refractivity contribution in [1.29, 1.82) is 0 Å². The molecule has 4 heteroatoms. The Kier molecular flexibility index (Phi) is 7.69. The van der Waals surface area contributed by atoms with Gasteiger partial charge < -0.3 is 10.6 Å². The fourth-order valence-electron chi connectivity index (χ4n) is 2.22. The fourth-order valence-corrected chi connectivity index (χ4v) is 3.04. The average Bonchev–Trinajstić information content (AvgIpc) is 2.58. The van der Waals surface area contributed by atoms with Crippen molar-refractivity contribution in [2.24, 2.45) is 0 Å². The smallest absolute Gasteiger partial charge is 0.221 e. The van der Waals surface area contributed by atoms with Crippen LogP contribution in [0, 0.1) is 13.8 Å². The van der Waals surface area contributed by atoms with Gasteiger partial charge >= 0.3 is 0 Å². The largest absolute Gasteiger partial charge is 0.385 e. The lowest BCUT2D eigenvalue weighted by atomic mass is 10.2. The third-order valence-electron chi connectivity index (χ3n) is 3.69. The van der Waals surface area contributed by atoms with Crippen molar-refractivity contribution in [2.45, 2.75) is 26.0 Å². The van der Waals surface area contributed by atoms with Gasteiger partial charge in [-0.15, -0.1) is 0 Å². The highest BCUT2D eigenvalue weighted by Crippen LogP contribution is 2.12. The van der Waals surface area contributed by atoms with Gasteiger partial charge in [0.1, 0.15) is 0 Å². The van der Waals surface area contributed by atoms with Crippen molar-refractivity contribution < 1.29 is 4.79 Å². The molecule has 0 atom stereocenters. The summed E-state index contributed by atoms with van der Waals surface area (Å²) in [7, 11) is 0. The quantitative estimate of drug-likeness (QED) is 0.673. The summed E-state index contributed by atoms with van der Waals surface area (Å²) in [5.74, 6) is 2.03. The lowest BCUT2D eigenvalue weighted by Crippen LogP contribution is -2.27. The number of thioether (sulfide) groups is 1. The van der Waals surface area contributed by atoms with Gasteiger partial charge in [0.25, 0.3) is 0 Å². The first-order chi connectivity index (χ1) is 11.6. The number of carbonyl (C=O) groups is 1. The number of aryl methyl sites for hydroxylation is 2. The third kappa shape index (κ3) is 7.09. The molecule has 2 aromatic carbocycles. The van der Waals surface area contributed by atoms with Gasteiger partial charge in [0.05, 0.1) is 0 Å². The summed E-state index contributed by atoms with van der Waals surface area (Å²) >= 11 is 1.85. The molecule has 0 aromatic heterocycles. The second-order valence-electron chi connectivity index (χ2n) is 5.93. The fraction of sp³-hybridized carbons (Fsp3) is 0.350. The first-order valence-corrected chi connectivity index (χ1v) is 9.49. The molecule has 0 heterocycles. The van der Waals surface area contributed by atoms with Crippen molar-refractivity contribution in [2.75, 3.05) is 24.2 Å². The number of nitrogens with one attached hydrogen (secondary N) is 2. The average molecular weight is 343 g/mol. The van der Waals surface area contributed by atoms with Crippen molar-refractivity contribution >= 4 is 23.4 Å². The molecule has 128 valence electrons. The van der Waals surface area contributed by atoms with E-state index in [4.69, 9.17) is 0 Å². The number of hydrogen-bond acceptors (Lipinski definition) is 3. The first-order valence-electron chi connectivity index (χ1n) is 8.34. The van der Waals surface area contributed by atoms with Crippen LogP contribution < -0.4 is 10.6 Å². The monoisotopic (exact) mass is 342 g/mol. The molecule has 2 N–H and O–H groups in total. The maximum absolute atomic E-state index is 11.8. The van der Waals surface area contributed by atoms with Crippen molar-refractivity contribution in [3.63, 3.8) is 0 Å². The summed E-state index contributed by atoms with van der Waals surface area (Å²) in [5, 5.41) is 6.24. The van der Waals surface area contributed by atoms with Gasteiger partial charge in [-0.1, -0.05) is 47.5 Å². The minimum Gasteiger partial charge on any atom is -0.385 e. The van der Waals surface area contributed by atoms with Crippen LogP contribution in [0.25, 0.3) is 0 Å². The van der Waals surface area contributed by atoms with Crippen LogP contribution in [-0.2, 0) is 10.5 Å². The van der Waals surface area contributed by atoms with E-state index in [9.17, 15) is 4.79 Å². The molecule has 0 radical (unpaired) electrons. The van der Waals surface area contributed by atoms with Crippen molar-refractivity contribution in [3.8, 4) is 0 Å². The normalized spacial score (nSPS) is 10.4. The van der Waals surface area contributed by atoms with E-state index in [0.717, 1.165) is 23.7 Å². The van der Waals surface area contributed by atoms with Crippen LogP contribution in [0.2, 0.25) is 0 Å². The Balaban J connectivity index is 1.51. The Labute approximate surface area is 149 Å². The molecule has 0 fully saturated rings. The molecule has 0 unspecified atom stereocenters. The van der Waals surface area contributed by atoms with Crippen LogP contribution >= 0.6 is 11.8 Å². The molecule has 0 aliphatic carbocycles. The van der Waals surface area contributed by atoms with E-state index in [1.54, 1.807) is 0 Å². The Morgan fingerprint density at radius 3 is 2.21 bits per heavy atom. The molecule has 2 aromatic rings. The van der Waals surface area contributed by atoms with Gasteiger partial charge in [-0.05, 0) is 31.5 Å². The van der Waals surface area contributed by atoms with Gasteiger partial charge in [-0.2, -0.15) is 11.8 Å². The molecule has 0 spiro atoms. The van der Waals surface area contributed by atoms with Crippen LogP contribution in [0.4, 0.5) is 5.69 Å². The van der Waals surface area contributed by atoms with Crippen molar-refractivity contribution in [3.05, 3.63) is 65.2 Å². The number of benzene rings is 2. The molecule has 0 bridgehead atoms. The Morgan fingerprint density at radius 1 is 0.917 bits per heavy atom. The zero-order valence-corrected chi connectivity index (χ0v) is 15.3. The van der Waals surface area contributed by atoms with Crippen LogP contribution in [0.1, 0.15) is 23.1 Å². The van der Waals surface area contributed by atoms with Crippen LogP contribution in [0.5, 0.6) is 0 Å². The molecule has 0 aliphatic rings. The zero-order valence-electron chi connectivity index (χ0n) is 14.5. The Bertz CT molecular complexity index is 623. The summed E-state index contributed by atoms with van der Waals surface area (Å²) in [4.78, 5) is 11.8. The van der Waals surface area contributed by atoms with Crippen LogP contribution in [0.3, 0.4) is 0 Å². The summed E-state index contributed by atoms with van der Waals surface area (Å²) in [6.45, 7) is 5.54. The molecule has 0 saturated heterocycles. The molecule has 0 saturated carbocycles. The van der Waals surface area contributed by atoms with E-state index in [1.807, 2.05) is 23.9 Å². The molecule has 3 nitrogen and oxygen atoms in total. The van der Waals surface area contributed by atoms with E-state index in [0.29, 0.717) is 13.0 Å². The van der Waals surface area contributed by atoms with Gasteiger partial charge in [0.15, 0.2) is 0 Å². The highest BCUT2D eigenvalue weighted by atomic mass is 32.2. The first kappa shape index (κ1) is 18.4. The third-order valence-corrected chi connectivity index (χ3v) is 4.72. The van der Waals surface area contributed by atoms with Gasteiger partial charge in [0.2, 0.25) is 5.91 Å². The summed E-state index contributed by atoms with van der Waals surface area (Å²) in [5.41, 5.74) is 4.91. The number of rotatable bonds is 9. The lowest BCUT2D eigenvalue weighted by Gasteiger charge is -2.08. The van der Waals surface area contributed by atoms with Gasteiger partial charge in [0, 0.05) is 36.7 Å². The maximum Gasteiger partial charge on any atom is 0.221 e. The number of carbonyl (C=O) groups excluding carboxylic acids is 1. The van der Waals surface area contributed by atoms with E-state index in [-0.39, 0.29) is 5.91 Å². The SMILES string of the molecule is Cc1ccc(CSCCNC(=O)CCNc2ccc(C)cc2)cc1. The molecule has 24 heavy (non-hydrogen) atoms. The maximum atomic E-state index is 11.8. The molecule has 2 rings (SSSR count). The minimum atomic E-state index is 0.102. The van der Waals surface area contributed by atoms with Gasteiger partial charge in [-0.3, -0.25) is 4.79 Å². The summed E-state index contributed by atoms with van der Waals surface area (Å²) < 4.78 is 0. The zero-order chi connectivity index (χ0) is 17.2. The number of anilines is 1. The highest BCUT2D eigenvalue weighted by Gasteiger charge is 2.01. The standard InChI is InChI=1S/C20H26N2OS/c1-16-3-7-18(8-4-16)15-24-14-13-22-20(23)11-12-21-19-9-5-17(2)6-10-19/h3-10,21H,11-15H2,1-2H3,(H,22,23). The molecular weight excluding hydrogens is 316 g/mol. The number of amides is 1. The van der Waals surface area contributed by atoms with Crippen molar-refractivity contribution in [1.82, 2.24) is 5.32 Å². The molecule has 0 aliphatic heterocycles. The predicted molar refractivity (Wildman–Crippen MR) is 105 cm³/mol. The van der Waals surface area contributed by atoms with Gasteiger partial charge in [-0.25, -0.2) is 0 Å². The van der Waals surface area contributed by atoms with E-state index >= 15 is 0 Å². The van der Waals surface area contributed by atoms with E-state index in [2.05, 4.69) is 60.9 Å². The second-order valence-corrected chi connectivity index (χ2v) is 7.04. The Morgan fingerprint density at radius 2 is 1.54 bits per heavy atom. The van der Waals surface area contributed by atoms with Crippen LogP contribution in [-0.4, -0.2) is 24.7 Å². The second kappa shape index (κ2) is 10.0. The Hall–Kier alpha value is -1.94. The topological polar surface area (TPSA) is 41.1 Å². The summed E-state index contributed by atoms with van der Waals surface area (Å²) in [6, 6.07) is 16.8. The molecule has 1 amide bonds. The lowest BCUT2D eigenvalue weighted by molar-refractivity contribution is -0.120. The summed E-state index contributed by atoms with van der Waals surface area (Å²) in [6.07, 6.45) is 0.497. The van der Waals surface area contributed by atoms with Crippen LogP contribution in [0.15, 0.2) is 48.5 Å².